The van der Waals surface area contributed by atoms with Gasteiger partial charge in [-0.1, -0.05) is 54.5 Å². The number of benzene rings is 2. The lowest BCUT2D eigenvalue weighted by Crippen LogP contribution is -2.37. The molecule has 1 saturated heterocycles. The minimum Gasteiger partial charge on any atom is -0.448 e. The zero-order valence-electron chi connectivity index (χ0n) is 15.7. The van der Waals surface area contributed by atoms with E-state index < -0.39 is 17.2 Å². The Morgan fingerprint density at radius 3 is 2.36 bits per heavy atom. The second-order valence-corrected chi connectivity index (χ2v) is 8.21. The third-order valence-corrected chi connectivity index (χ3v) is 6.81. The number of amides is 1. The molecule has 0 unspecified atom stereocenters. The highest BCUT2D eigenvalue weighted by atomic mass is 19.1. The topological polar surface area (TPSA) is 29.5 Å². The zero-order chi connectivity index (χ0) is 19.4. The summed E-state index contributed by atoms with van der Waals surface area (Å²) in [5.74, 6) is 2.66. The van der Waals surface area contributed by atoms with Gasteiger partial charge >= 0.3 is 6.09 Å². The first-order chi connectivity index (χ1) is 13.6. The molecular formula is C24H22FNO2. The maximum atomic E-state index is 15.3. The Bertz CT molecular complexity index is 951. The summed E-state index contributed by atoms with van der Waals surface area (Å²) >= 11 is 0. The fourth-order valence-corrected chi connectivity index (χ4v) is 5.33. The quantitative estimate of drug-likeness (QED) is 0.708. The molecule has 3 nitrogen and oxygen atoms in total. The lowest BCUT2D eigenvalue weighted by atomic mass is 9.79. The average molecular weight is 375 g/mol. The van der Waals surface area contributed by atoms with Gasteiger partial charge in [0.15, 0.2) is 0 Å². The molecule has 0 radical (unpaired) electrons. The number of hydrogen-bond acceptors (Lipinski definition) is 2. The molecule has 0 aromatic heterocycles. The van der Waals surface area contributed by atoms with Gasteiger partial charge in [0.2, 0.25) is 0 Å². The normalized spacial score (nSPS) is 27.8. The van der Waals surface area contributed by atoms with E-state index in [1.807, 2.05) is 24.3 Å². The number of hydrogen-bond donors (Lipinski definition) is 0. The van der Waals surface area contributed by atoms with Crippen LogP contribution in [0.5, 0.6) is 0 Å². The van der Waals surface area contributed by atoms with Gasteiger partial charge in [0, 0.05) is 12.5 Å². The molecule has 28 heavy (non-hydrogen) atoms. The van der Waals surface area contributed by atoms with Crippen LogP contribution in [0, 0.1) is 17.8 Å². The number of carbonyl (C=O) groups is 1. The van der Waals surface area contributed by atoms with Crippen molar-refractivity contribution < 1.29 is 13.9 Å². The Morgan fingerprint density at radius 1 is 1.11 bits per heavy atom. The van der Waals surface area contributed by atoms with E-state index in [1.165, 1.54) is 16.0 Å². The molecular weight excluding hydrogens is 353 g/mol. The lowest BCUT2D eigenvalue weighted by Gasteiger charge is -2.26. The predicted molar refractivity (Wildman–Crippen MR) is 106 cm³/mol. The van der Waals surface area contributed by atoms with Gasteiger partial charge in [-0.2, -0.15) is 0 Å². The second kappa shape index (κ2) is 6.10. The summed E-state index contributed by atoms with van der Waals surface area (Å²) in [6.07, 6.45) is 7.03. The first kappa shape index (κ1) is 17.3. The number of likely N-dealkylation sites (tertiary alicyclic amines) is 1. The molecule has 1 heterocycles. The summed E-state index contributed by atoms with van der Waals surface area (Å²) in [4.78, 5) is 14.2. The van der Waals surface area contributed by atoms with Crippen LogP contribution >= 0.6 is 0 Å². The number of nitrogens with zero attached hydrogens (tertiary/aromatic N) is 1. The van der Waals surface area contributed by atoms with E-state index >= 15 is 4.39 Å². The van der Waals surface area contributed by atoms with Crippen molar-refractivity contribution in [3.8, 4) is 23.5 Å². The SMILES string of the molecule is C#C[C@@]12CCC[C@]1(F)CN(C(=O)OCC1c3ccccc3-c3ccccc31)C2. The van der Waals surface area contributed by atoms with Crippen LogP contribution in [-0.4, -0.2) is 36.4 Å². The van der Waals surface area contributed by atoms with Gasteiger partial charge in [-0.25, -0.2) is 9.18 Å². The van der Waals surface area contributed by atoms with Crippen LogP contribution in [-0.2, 0) is 4.74 Å². The van der Waals surface area contributed by atoms with Gasteiger partial charge in [-0.3, -0.25) is 0 Å². The van der Waals surface area contributed by atoms with Gasteiger partial charge in [-0.05, 0) is 41.5 Å². The Hall–Kier alpha value is -2.80. The van der Waals surface area contributed by atoms with Crippen molar-refractivity contribution in [3.05, 3.63) is 59.7 Å². The average Bonchev–Trinajstić information content (AvgIpc) is 3.30. The monoisotopic (exact) mass is 375 g/mol. The summed E-state index contributed by atoms with van der Waals surface area (Å²) in [6.45, 7) is 0.524. The molecule has 2 atom stereocenters. The molecule has 0 bridgehead atoms. The number of halogens is 1. The Balaban J connectivity index is 1.34. The lowest BCUT2D eigenvalue weighted by molar-refractivity contribution is 0.0934. The number of rotatable bonds is 2. The molecule has 0 spiro atoms. The minimum absolute atomic E-state index is 0.000571. The van der Waals surface area contributed by atoms with E-state index in [1.54, 1.807) is 0 Å². The number of terminal acetylenes is 1. The van der Waals surface area contributed by atoms with Crippen molar-refractivity contribution in [1.82, 2.24) is 4.90 Å². The maximum absolute atomic E-state index is 15.3. The first-order valence-electron chi connectivity index (χ1n) is 9.84. The molecule has 0 N–H and O–H groups in total. The standard InChI is InChI=1S/C24H22FNO2/c1-2-23-12-7-13-24(23,25)16-26(15-23)22(27)28-14-21-19-10-5-3-8-17(19)18-9-4-6-11-20(18)21/h1,3-6,8-11,21H,7,12-16H2/t23-,24-/m0/s1. The molecule has 142 valence electrons. The molecule has 4 heteroatoms. The molecule has 2 aromatic carbocycles. The number of carbonyl (C=O) groups excluding carboxylic acids is 1. The summed E-state index contributed by atoms with van der Waals surface area (Å²) in [5.41, 5.74) is 2.37. The highest BCUT2D eigenvalue weighted by Crippen LogP contribution is 2.54. The van der Waals surface area contributed by atoms with Gasteiger partial charge in [-0.15, -0.1) is 6.42 Å². The van der Waals surface area contributed by atoms with E-state index in [-0.39, 0.29) is 25.6 Å². The van der Waals surface area contributed by atoms with E-state index in [0.29, 0.717) is 12.8 Å². The van der Waals surface area contributed by atoms with Crippen LogP contribution in [0.4, 0.5) is 9.18 Å². The van der Waals surface area contributed by atoms with Crippen molar-refractivity contribution >= 4 is 6.09 Å². The number of fused-ring (bicyclic) bond motifs is 4. The van der Waals surface area contributed by atoms with Crippen LogP contribution in [0.3, 0.4) is 0 Å². The van der Waals surface area contributed by atoms with Gasteiger partial charge in [0.1, 0.15) is 12.3 Å². The zero-order valence-corrected chi connectivity index (χ0v) is 15.7. The van der Waals surface area contributed by atoms with Crippen molar-refractivity contribution in [2.45, 2.75) is 30.8 Å². The van der Waals surface area contributed by atoms with E-state index in [9.17, 15) is 4.79 Å². The van der Waals surface area contributed by atoms with Gasteiger partial charge < -0.3 is 9.64 Å². The Morgan fingerprint density at radius 2 is 1.75 bits per heavy atom. The largest absolute Gasteiger partial charge is 0.448 e. The summed E-state index contributed by atoms with van der Waals surface area (Å²) < 4.78 is 21.0. The summed E-state index contributed by atoms with van der Waals surface area (Å²) in [5, 5.41) is 0. The van der Waals surface area contributed by atoms with Crippen LogP contribution in [0.15, 0.2) is 48.5 Å². The number of alkyl halides is 1. The summed E-state index contributed by atoms with van der Waals surface area (Å²) in [6, 6.07) is 16.4. The maximum Gasteiger partial charge on any atom is 0.409 e. The third-order valence-electron chi connectivity index (χ3n) is 6.81. The molecule has 2 fully saturated rings. The van der Waals surface area contributed by atoms with Crippen LogP contribution in [0.25, 0.3) is 11.1 Å². The molecule has 2 aromatic rings. The fourth-order valence-electron chi connectivity index (χ4n) is 5.33. The second-order valence-electron chi connectivity index (χ2n) is 8.21. The third kappa shape index (κ3) is 2.32. The van der Waals surface area contributed by atoms with Crippen LogP contribution in [0.1, 0.15) is 36.3 Å². The Kier molecular flexibility index (Phi) is 3.77. The predicted octanol–water partition coefficient (Wildman–Crippen LogP) is 4.76. The number of ether oxygens (including phenoxy) is 1. The summed E-state index contributed by atoms with van der Waals surface area (Å²) in [7, 11) is 0. The van der Waals surface area contributed by atoms with E-state index in [0.717, 1.165) is 17.5 Å². The van der Waals surface area contributed by atoms with Crippen molar-refractivity contribution in [1.29, 1.82) is 0 Å². The van der Waals surface area contributed by atoms with Crippen molar-refractivity contribution in [3.63, 3.8) is 0 Å². The van der Waals surface area contributed by atoms with E-state index in [4.69, 9.17) is 11.2 Å². The fraction of sp³-hybridized carbons (Fsp3) is 0.375. The molecule has 1 saturated carbocycles. The first-order valence-corrected chi connectivity index (χ1v) is 9.84. The molecule has 2 aliphatic carbocycles. The molecule has 1 amide bonds. The highest BCUT2D eigenvalue weighted by molar-refractivity contribution is 5.79. The molecule has 5 rings (SSSR count). The molecule has 1 aliphatic heterocycles. The van der Waals surface area contributed by atoms with Crippen molar-refractivity contribution in [2.24, 2.45) is 5.41 Å². The van der Waals surface area contributed by atoms with Gasteiger partial charge in [0.25, 0.3) is 0 Å². The highest BCUT2D eigenvalue weighted by Gasteiger charge is 2.62. The van der Waals surface area contributed by atoms with Crippen LogP contribution < -0.4 is 0 Å². The smallest absolute Gasteiger partial charge is 0.409 e. The minimum atomic E-state index is -1.48. The van der Waals surface area contributed by atoms with Gasteiger partial charge in [0.05, 0.1) is 12.0 Å². The van der Waals surface area contributed by atoms with Crippen molar-refractivity contribution in [2.75, 3.05) is 19.7 Å². The van der Waals surface area contributed by atoms with Crippen LogP contribution in [0.2, 0.25) is 0 Å². The van der Waals surface area contributed by atoms with E-state index in [2.05, 4.69) is 30.2 Å². The Labute approximate surface area is 164 Å². The molecule has 3 aliphatic rings.